The molecule has 0 heterocycles. The van der Waals surface area contributed by atoms with Crippen molar-refractivity contribution >= 4 is 28.5 Å². The van der Waals surface area contributed by atoms with Gasteiger partial charge in [0.05, 0.1) is 5.56 Å². The number of amides is 1. The largest absolute Gasteiger partial charge is 0.332 e. The normalized spacial score (nSPS) is 14.6. The molecule has 2 nitrogen and oxygen atoms in total. The Hall–Kier alpha value is -0.840. The molecule has 1 aromatic carbocycles. The first-order valence-corrected chi connectivity index (χ1v) is 6.48. The van der Waals surface area contributed by atoms with E-state index in [1.807, 2.05) is 29.2 Å². The van der Waals surface area contributed by atoms with Crippen LogP contribution in [0.4, 0.5) is 0 Å². The molecule has 1 aromatic rings. The lowest BCUT2D eigenvalue weighted by Gasteiger charge is -2.21. The highest BCUT2D eigenvalue weighted by atomic mass is 127. The molecule has 0 N–H and O–H groups in total. The topological polar surface area (TPSA) is 20.3 Å². The lowest BCUT2D eigenvalue weighted by molar-refractivity contribution is 0.0761. The van der Waals surface area contributed by atoms with Crippen LogP contribution in [0.5, 0.6) is 0 Å². The number of hydrogen-bond acceptors (Lipinski definition) is 1. The molecule has 0 spiro atoms. The van der Waals surface area contributed by atoms with Gasteiger partial charge in [-0.1, -0.05) is 18.2 Å². The molecule has 0 unspecified atom stereocenters. The first kappa shape index (κ1) is 11.6. The highest BCUT2D eigenvalue weighted by Crippen LogP contribution is 2.28. The lowest BCUT2D eigenvalue weighted by Crippen LogP contribution is -2.33. The molecule has 2 rings (SSSR count). The first-order valence-electron chi connectivity index (χ1n) is 5.40. The van der Waals surface area contributed by atoms with Gasteiger partial charge in [-0.2, -0.15) is 0 Å². The summed E-state index contributed by atoms with van der Waals surface area (Å²) in [5.74, 6) is 0.132. The van der Waals surface area contributed by atoms with Crippen molar-refractivity contribution in [2.45, 2.75) is 18.9 Å². The predicted molar refractivity (Wildman–Crippen MR) is 73.4 cm³/mol. The van der Waals surface area contributed by atoms with Gasteiger partial charge in [0.15, 0.2) is 0 Å². The number of carbonyl (C=O) groups excluding carboxylic acids is 1. The average Bonchev–Trinajstić information content (AvgIpc) is 3.09. The molecule has 1 aliphatic rings. The van der Waals surface area contributed by atoms with Gasteiger partial charge in [-0.05, 0) is 47.6 Å². The Morgan fingerprint density at radius 1 is 1.50 bits per heavy atom. The van der Waals surface area contributed by atoms with Crippen LogP contribution in [0.15, 0.2) is 36.9 Å². The standard InChI is InChI=1S/C13H14INO/c1-2-9-15(10-7-8-10)13(16)11-5-3-4-6-12(11)14/h2-6,10H,1,7-9H2. The van der Waals surface area contributed by atoms with Crippen LogP contribution >= 0.6 is 22.6 Å². The van der Waals surface area contributed by atoms with Gasteiger partial charge < -0.3 is 4.90 Å². The third-order valence-corrected chi connectivity index (χ3v) is 3.62. The van der Waals surface area contributed by atoms with Gasteiger partial charge in [0, 0.05) is 16.2 Å². The van der Waals surface area contributed by atoms with E-state index in [0.717, 1.165) is 22.0 Å². The molecular formula is C13H14INO. The van der Waals surface area contributed by atoms with Crippen molar-refractivity contribution in [3.8, 4) is 0 Å². The molecule has 1 fully saturated rings. The Balaban J connectivity index is 2.22. The summed E-state index contributed by atoms with van der Waals surface area (Å²) in [6, 6.07) is 8.15. The van der Waals surface area contributed by atoms with Gasteiger partial charge in [-0.25, -0.2) is 0 Å². The van der Waals surface area contributed by atoms with Crippen LogP contribution in [0.2, 0.25) is 0 Å². The summed E-state index contributed by atoms with van der Waals surface area (Å²) in [5, 5.41) is 0. The zero-order chi connectivity index (χ0) is 11.5. The summed E-state index contributed by atoms with van der Waals surface area (Å²) in [5.41, 5.74) is 0.803. The summed E-state index contributed by atoms with van der Waals surface area (Å²) in [6.45, 7) is 4.36. The van der Waals surface area contributed by atoms with Gasteiger partial charge in [0.1, 0.15) is 0 Å². The minimum atomic E-state index is 0.132. The molecule has 0 bridgehead atoms. The molecule has 1 aliphatic carbocycles. The van der Waals surface area contributed by atoms with Crippen molar-refractivity contribution in [1.82, 2.24) is 4.90 Å². The predicted octanol–water partition coefficient (Wildman–Crippen LogP) is 3.08. The van der Waals surface area contributed by atoms with E-state index in [9.17, 15) is 4.79 Å². The Morgan fingerprint density at radius 2 is 2.19 bits per heavy atom. The second-order valence-corrected chi connectivity index (χ2v) is 5.12. The van der Waals surface area contributed by atoms with Crippen molar-refractivity contribution in [1.29, 1.82) is 0 Å². The van der Waals surface area contributed by atoms with E-state index in [1.165, 1.54) is 0 Å². The Morgan fingerprint density at radius 3 is 2.75 bits per heavy atom. The first-order chi connectivity index (χ1) is 7.74. The number of rotatable bonds is 4. The SMILES string of the molecule is C=CCN(C(=O)c1ccccc1I)C1CC1. The molecular weight excluding hydrogens is 313 g/mol. The van der Waals surface area contributed by atoms with Crippen molar-refractivity contribution in [2.75, 3.05) is 6.54 Å². The molecule has 0 saturated heterocycles. The Kier molecular flexibility index (Phi) is 3.63. The van der Waals surface area contributed by atoms with E-state index in [2.05, 4.69) is 29.2 Å². The quantitative estimate of drug-likeness (QED) is 0.615. The second kappa shape index (κ2) is 4.99. The number of hydrogen-bond donors (Lipinski definition) is 0. The van der Waals surface area contributed by atoms with Crippen LogP contribution in [0.1, 0.15) is 23.2 Å². The molecule has 0 radical (unpaired) electrons. The fraction of sp³-hybridized carbons (Fsp3) is 0.308. The number of nitrogens with zero attached hydrogens (tertiary/aromatic N) is 1. The molecule has 3 heteroatoms. The van der Waals surface area contributed by atoms with Gasteiger partial charge in [0.2, 0.25) is 0 Å². The Labute approximate surface area is 109 Å². The third-order valence-electron chi connectivity index (χ3n) is 2.68. The van der Waals surface area contributed by atoms with Crippen LogP contribution in [0.3, 0.4) is 0 Å². The van der Waals surface area contributed by atoms with E-state index >= 15 is 0 Å². The fourth-order valence-electron chi connectivity index (χ4n) is 1.71. The molecule has 1 amide bonds. The van der Waals surface area contributed by atoms with E-state index in [1.54, 1.807) is 6.08 Å². The van der Waals surface area contributed by atoms with Crippen molar-refractivity contribution in [3.05, 3.63) is 46.1 Å². The summed E-state index contributed by atoms with van der Waals surface area (Å²) in [4.78, 5) is 14.2. The summed E-state index contributed by atoms with van der Waals surface area (Å²) in [6.07, 6.45) is 4.05. The minimum Gasteiger partial charge on any atom is -0.332 e. The number of carbonyl (C=O) groups is 1. The van der Waals surface area contributed by atoms with Crippen molar-refractivity contribution < 1.29 is 4.79 Å². The lowest BCUT2D eigenvalue weighted by atomic mass is 10.2. The monoisotopic (exact) mass is 327 g/mol. The maximum atomic E-state index is 12.3. The summed E-state index contributed by atoms with van der Waals surface area (Å²) in [7, 11) is 0. The smallest absolute Gasteiger partial charge is 0.255 e. The molecule has 0 aliphatic heterocycles. The number of benzene rings is 1. The molecule has 16 heavy (non-hydrogen) atoms. The maximum Gasteiger partial charge on any atom is 0.255 e. The zero-order valence-corrected chi connectivity index (χ0v) is 11.2. The average molecular weight is 327 g/mol. The van der Waals surface area contributed by atoms with Crippen LogP contribution < -0.4 is 0 Å². The minimum absolute atomic E-state index is 0.132. The van der Waals surface area contributed by atoms with E-state index in [-0.39, 0.29) is 5.91 Å². The van der Waals surface area contributed by atoms with Gasteiger partial charge in [-0.3, -0.25) is 4.79 Å². The van der Waals surface area contributed by atoms with E-state index in [0.29, 0.717) is 12.6 Å². The summed E-state index contributed by atoms with van der Waals surface area (Å²) < 4.78 is 1.01. The van der Waals surface area contributed by atoms with E-state index in [4.69, 9.17) is 0 Å². The highest BCUT2D eigenvalue weighted by molar-refractivity contribution is 14.1. The maximum absolute atomic E-state index is 12.3. The van der Waals surface area contributed by atoms with Gasteiger partial charge in [-0.15, -0.1) is 6.58 Å². The summed E-state index contributed by atoms with van der Waals surface area (Å²) >= 11 is 2.21. The number of halogens is 1. The van der Waals surface area contributed by atoms with Crippen LogP contribution in [0.25, 0.3) is 0 Å². The van der Waals surface area contributed by atoms with Crippen molar-refractivity contribution in [2.24, 2.45) is 0 Å². The molecule has 1 saturated carbocycles. The fourth-order valence-corrected chi connectivity index (χ4v) is 2.33. The molecule has 84 valence electrons. The molecule has 0 aromatic heterocycles. The highest BCUT2D eigenvalue weighted by Gasteiger charge is 2.32. The van der Waals surface area contributed by atoms with Crippen LogP contribution in [0, 0.1) is 3.57 Å². The van der Waals surface area contributed by atoms with Crippen LogP contribution in [-0.4, -0.2) is 23.4 Å². The Bertz CT molecular complexity index is 412. The molecule has 0 atom stereocenters. The van der Waals surface area contributed by atoms with Crippen LogP contribution in [-0.2, 0) is 0 Å². The van der Waals surface area contributed by atoms with Gasteiger partial charge >= 0.3 is 0 Å². The third kappa shape index (κ3) is 2.45. The van der Waals surface area contributed by atoms with E-state index < -0.39 is 0 Å². The zero-order valence-electron chi connectivity index (χ0n) is 9.03. The van der Waals surface area contributed by atoms with Crippen molar-refractivity contribution in [3.63, 3.8) is 0 Å². The van der Waals surface area contributed by atoms with Gasteiger partial charge in [0.25, 0.3) is 5.91 Å². The second-order valence-electron chi connectivity index (χ2n) is 3.96.